The van der Waals surface area contributed by atoms with Gasteiger partial charge in [-0.25, -0.2) is 5.01 Å². The monoisotopic (exact) mass is 266 g/mol. The van der Waals surface area contributed by atoms with Gasteiger partial charge in [-0.05, 0) is 12.1 Å². The van der Waals surface area contributed by atoms with Crippen LogP contribution in [0.2, 0.25) is 0 Å². The lowest BCUT2D eigenvalue weighted by Crippen LogP contribution is -2.19. The van der Waals surface area contributed by atoms with Crippen LogP contribution < -0.4 is 9.61 Å². The van der Waals surface area contributed by atoms with Gasteiger partial charge in [-0.3, -0.25) is 0 Å². The van der Waals surface area contributed by atoms with Gasteiger partial charge in [-0.15, -0.1) is 0 Å². The summed E-state index contributed by atoms with van der Waals surface area (Å²) < 4.78 is 26.1. The first-order valence-corrected chi connectivity index (χ1v) is 6.45. The minimum atomic E-state index is -2.91. The van der Waals surface area contributed by atoms with Crippen LogP contribution in [-0.2, 0) is 11.0 Å². The van der Waals surface area contributed by atoms with Crippen LogP contribution in [0.5, 0.6) is 5.75 Å². The minimum Gasteiger partial charge on any atom is -0.384 e. The summed E-state index contributed by atoms with van der Waals surface area (Å²) >= 11 is 0. The minimum absolute atomic E-state index is 0.339. The lowest BCUT2D eigenvalue weighted by molar-refractivity contribution is 0.496. The lowest BCUT2D eigenvalue weighted by atomic mass is 10.1. The SMILES string of the molecule is CN(C)Nc1cccc2c(O[SH](=O)=O)cccc12. The molecule has 0 heterocycles. The molecule has 2 rings (SSSR count). The van der Waals surface area contributed by atoms with Crippen LogP contribution in [0.1, 0.15) is 0 Å². The van der Waals surface area contributed by atoms with Crippen LogP contribution in [0.4, 0.5) is 5.69 Å². The molecule has 18 heavy (non-hydrogen) atoms. The molecule has 0 saturated carbocycles. The fourth-order valence-electron chi connectivity index (χ4n) is 1.78. The van der Waals surface area contributed by atoms with Crippen molar-refractivity contribution in [3.63, 3.8) is 0 Å². The van der Waals surface area contributed by atoms with E-state index >= 15 is 0 Å². The molecule has 0 aliphatic carbocycles. The maximum Gasteiger partial charge on any atom is 0.299 e. The smallest absolute Gasteiger partial charge is 0.299 e. The van der Waals surface area contributed by atoms with E-state index in [9.17, 15) is 8.42 Å². The van der Waals surface area contributed by atoms with Gasteiger partial charge in [-0.1, -0.05) is 24.3 Å². The molecule has 0 unspecified atom stereocenters. The number of fused-ring (bicyclic) bond motifs is 1. The second kappa shape index (κ2) is 5.24. The van der Waals surface area contributed by atoms with E-state index in [2.05, 4.69) is 5.43 Å². The van der Waals surface area contributed by atoms with E-state index in [1.165, 1.54) is 0 Å². The van der Waals surface area contributed by atoms with Crippen LogP contribution in [0, 0.1) is 0 Å². The van der Waals surface area contributed by atoms with Crippen LogP contribution >= 0.6 is 0 Å². The predicted molar refractivity (Wildman–Crippen MR) is 72.2 cm³/mol. The first kappa shape index (κ1) is 12.7. The summed E-state index contributed by atoms with van der Waals surface area (Å²) in [7, 11) is 0.858. The van der Waals surface area contributed by atoms with Crippen molar-refractivity contribution < 1.29 is 12.6 Å². The number of hydrogen-bond donors (Lipinski definition) is 2. The molecule has 2 aromatic carbocycles. The van der Waals surface area contributed by atoms with E-state index in [4.69, 9.17) is 4.18 Å². The number of nitrogens with one attached hydrogen (secondary N) is 1. The van der Waals surface area contributed by atoms with Crippen molar-refractivity contribution in [3.05, 3.63) is 36.4 Å². The lowest BCUT2D eigenvalue weighted by Gasteiger charge is -2.16. The van der Waals surface area contributed by atoms with Crippen LogP contribution in [0.3, 0.4) is 0 Å². The summed E-state index contributed by atoms with van der Waals surface area (Å²) in [5, 5.41) is 3.47. The molecular weight excluding hydrogens is 252 g/mol. The summed E-state index contributed by atoms with van der Waals surface area (Å²) in [6.45, 7) is 0. The first-order valence-electron chi connectivity index (χ1n) is 5.36. The molecular formula is C12H14N2O3S. The van der Waals surface area contributed by atoms with Crippen molar-refractivity contribution in [3.8, 4) is 5.75 Å². The molecule has 2 aromatic rings. The van der Waals surface area contributed by atoms with E-state index < -0.39 is 11.0 Å². The zero-order valence-electron chi connectivity index (χ0n) is 10.1. The van der Waals surface area contributed by atoms with Gasteiger partial charge in [0.15, 0.2) is 0 Å². The second-order valence-corrected chi connectivity index (χ2v) is 4.61. The summed E-state index contributed by atoms with van der Waals surface area (Å²) in [6.07, 6.45) is 0. The molecule has 6 heteroatoms. The van der Waals surface area contributed by atoms with Gasteiger partial charge in [0.1, 0.15) is 5.75 Å². The van der Waals surface area contributed by atoms with Crippen molar-refractivity contribution in [2.75, 3.05) is 19.5 Å². The van der Waals surface area contributed by atoms with Gasteiger partial charge in [0.05, 0.1) is 5.69 Å². The molecule has 5 nitrogen and oxygen atoms in total. The highest BCUT2D eigenvalue weighted by Crippen LogP contribution is 2.30. The van der Waals surface area contributed by atoms with Crippen molar-refractivity contribution in [1.82, 2.24) is 5.01 Å². The molecule has 0 atom stereocenters. The van der Waals surface area contributed by atoms with Gasteiger partial charge in [-0.2, -0.15) is 8.42 Å². The maximum atomic E-state index is 10.7. The highest BCUT2D eigenvalue weighted by Gasteiger charge is 2.06. The highest BCUT2D eigenvalue weighted by atomic mass is 32.2. The number of rotatable bonds is 4. The Labute approximate surface area is 107 Å². The third-order valence-electron chi connectivity index (χ3n) is 2.40. The predicted octanol–water partition coefficient (Wildman–Crippen LogP) is 1.63. The number of hydrazine groups is 1. The fourth-order valence-corrected chi connectivity index (χ4v) is 2.10. The second-order valence-electron chi connectivity index (χ2n) is 3.98. The summed E-state index contributed by atoms with van der Waals surface area (Å²) in [5.74, 6) is 0.339. The number of hydrogen-bond acceptors (Lipinski definition) is 5. The fraction of sp³-hybridized carbons (Fsp3) is 0.167. The Hall–Kier alpha value is -1.79. The first-order chi connectivity index (χ1) is 8.58. The number of anilines is 1. The van der Waals surface area contributed by atoms with E-state index in [1.54, 1.807) is 12.1 Å². The Bertz CT molecular complexity index is 630. The van der Waals surface area contributed by atoms with E-state index in [0.29, 0.717) is 5.75 Å². The average Bonchev–Trinajstić information content (AvgIpc) is 2.29. The molecule has 0 amide bonds. The highest BCUT2D eigenvalue weighted by molar-refractivity contribution is 7.67. The Balaban J connectivity index is 2.57. The Morgan fingerprint density at radius 3 is 2.39 bits per heavy atom. The summed E-state index contributed by atoms with van der Waals surface area (Å²) in [6, 6.07) is 10.9. The summed E-state index contributed by atoms with van der Waals surface area (Å²) in [4.78, 5) is 0. The average molecular weight is 266 g/mol. The molecule has 0 spiro atoms. The van der Waals surface area contributed by atoms with Gasteiger partial charge in [0.25, 0.3) is 11.0 Å². The van der Waals surface area contributed by atoms with Gasteiger partial charge in [0.2, 0.25) is 0 Å². The van der Waals surface area contributed by atoms with Crippen LogP contribution in [0.15, 0.2) is 36.4 Å². The zero-order valence-corrected chi connectivity index (χ0v) is 11.0. The Kier molecular flexibility index (Phi) is 3.69. The van der Waals surface area contributed by atoms with E-state index in [0.717, 1.165) is 16.5 Å². The number of thiol groups is 1. The summed E-state index contributed by atoms with van der Waals surface area (Å²) in [5.41, 5.74) is 4.05. The van der Waals surface area contributed by atoms with Crippen molar-refractivity contribution in [2.45, 2.75) is 0 Å². The quantitative estimate of drug-likeness (QED) is 0.650. The standard InChI is InChI=1S/C12H14N2O3S/c1-14(2)13-11-7-3-6-10-9(11)5-4-8-12(10)17-18(15)16/h3-8,13,18H,1-2H3. The third kappa shape index (κ3) is 2.72. The van der Waals surface area contributed by atoms with Crippen molar-refractivity contribution in [1.29, 1.82) is 0 Å². The van der Waals surface area contributed by atoms with Gasteiger partial charge in [0, 0.05) is 24.9 Å². The normalized spacial score (nSPS) is 11.1. The molecule has 1 N–H and O–H groups in total. The van der Waals surface area contributed by atoms with Gasteiger partial charge >= 0.3 is 0 Å². The van der Waals surface area contributed by atoms with Crippen LogP contribution in [-0.4, -0.2) is 27.5 Å². The van der Waals surface area contributed by atoms with Crippen molar-refractivity contribution >= 4 is 27.4 Å². The third-order valence-corrected chi connectivity index (χ3v) is 2.74. The molecule has 0 saturated heterocycles. The van der Waals surface area contributed by atoms with E-state index in [-0.39, 0.29) is 0 Å². The molecule has 0 bridgehead atoms. The van der Waals surface area contributed by atoms with Crippen LogP contribution in [0.25, 0.3) is 10.8 Å². The zero-order chi connectivity index (χ0) is 13.1. The molecule has 0 radical (unpaired) electrons. The molecule has 0 aromatic heterocycles. The Morgan fingerprint density at radius 2 is 1.72 bits per heavy atom. The van der Waals surface area contributed by atoms with Crippen molar-refractivity contribution in [2.24, 2.45) is 0 Å². The number of nitrogens with zero attached hydrogens (tertiary/aromatic N) is 1. The largest absolute Gasteiger partial charge is 0.384 e. The molecule has 0 fully saturated rings. The topological polar surface area (TPSA) is 58.6 Å². The van der Waals surface area contributed by atoms with E-state index in [1.807, 2.05) is 43.4 Å². The molecule has 0 aliphatic heterocycles. The number of benzene rings is 2. The molecule has 96 valence electrons. The van der Waals surface area contributed by atoms with Gasteiger partial charge < -0.3 is 9.61 Å². The molecule has 0 aliphatic rings. The maximum absolute atomic E-state index is 10.7. The Morgan fingerprint density at radius 1 is 1.06 bits per heavy atom.